The standard InChI is InChI=1S/C13H24N2O4/c1-9(2)11(12(16)17)14-13(18)15(3)6-7-19-8-10-4-5-10/h9-11H,4-8H2,1-3H3,(H,14,18)(H,16,17). The Bertz CT molecular complexity index is 316. The van der Waals surface area contributed by atoms with E-state index in [2.05, 4.69) is 5.32 Å². The number of aliphatic carboxylic acids is 1. The number of hydrogen-bond acceptors (Lipinski definition) is 3. The van der Waals surface area contributed by atoms with Crippen LogP contribution in [0.5, 0.6) is 0 Å². The number of amides is 2. The van der Waals surface area contributed by atoms with E-state index in [1.165, 1.54) is 17.7 Å². The van der Waals surface area contributed by atoms with Crippen LogP contribution in [0.4, 0.5) is 4.79 Å². The van der Waals surface area contributed by atoms with Crippen LogP contribution < -0.4 is 5.32 Å². The highest BCUT2D eigenvalue weighted by Crippen LogP contribution is 2.28. The van der Waals surface area contributed by atoms with Crippen LogP contribution in [0.2, 0.25) is 0 Å². The van der Waals surface area contributed by atoms with Gasteiger partial charge in [-0.15, -0.1) is 0 Å². The van der Waals surface area contributed by atoms with E-state index in [1.807, 2.05) is 0 Å². The monoisotopic (exact) mass is 272 g/mol. The molecule has 1 rings (SSSR count). The first-order valence-electron chi connectivity index (χ1n) is 6.74. The van der Waals surface area contributed by atoms with Gasteiger partial charge >= 0.3 is 12.0 Å². The summed E-state index contributed by atoms with van der Waals surface area (Å²) in [5.74, 6) is -0.459. The van der Waals surface area contributed by atoms with Gasteiger partial charge in [0.25, 0.3) is 0 Å². The van der Waals surface area contributed by atoms with Gasteiger partial charge in [-0.25, -0.2) is 9.59 Å². The second-order valence-electron chi connectivity index (χ2n) is 5.45. The predicted molar refractivity (Wildman–Crippen MR) is 71.0 cm³/mol. The maximum absolute atomic E-state index is 11.8. The molecule has 0 aromatic carbocycles. The van der Waals surface area contributed by atoms with Gasteiger partial charge in [-0.3, -0.25) is 0 Å². The molecule has 0 aliphatic heterocycles. The summed E-state index contributed by atoms with van der Waals surface area (Å²) in [6.07, 6.45) is 2.48. The van der Waals surface area contributed by atoms with Crippen molar-refractivity contribution in [2.75, 3.05) is 26.8 Å². The molecule has 19 heavy (non-hydrogen) atoms. The van der Waals surface area contributed by atoms with Crippen LogP contribution in [0.15, 0.2) is 0 Å². The van der Waals surface area contributed by atoms with Crippen LogP contribution in [0.1, 0.15) is 26.7 Å². The Hall–Kier alpha value is -1.30. The second-order valence-corrected chi connectivity index (χ2v) is 5.45. The maximum Gasteiger partial charge on any atom is 0.326 e. The Morgan fingerprint density at radius 2 is 2.05 bits per heavy atom. The van der Waals surface area contributed by atoms with E-state index < -0.39 is 12.0 Å². The van der Waals surface area contributed by atoms with Crippen LogP contribution >= 0.6 is 0 Å². The van der Waals surface area contributed by atoms with Crippen LogP contribution in [-0.2, 0) is 9.53 Å². The first-order valence-corrected chi connectivity index (χ1v) is 6.74. The van der Waals surface area contributed by atoms with E-state index in [1.54, 1.807) is 20.9 Å². The lowest BCUT2D eigenvalue weighted by molar-refractivity contribution is -0.140. The predicted octanol–water partition coefficient (Wildman–Crippen LogP) is 1.16. The van der Waals surface area contributed by atoms with Gasteiger partial charge < -0.3 is 20.1 Å². The van der Waals surface area contributed by atoms with Crippen molar-refractivity contribution in [3.8, 4) is 0 Å². The van der Waals surface area contributed by atoms with Crippen LogP contribution in [0.3, 0.4) is 0 Å². The van der Waals surface area contributed by atoms with Crippen molar-refractivity contribution in [2.24, 2.45) is 11.8 Å². The van der Waals surface area contributed by atoms with E-state index in [9.17, 15) is 9.59 Å². The summed E-state index contributed by atoms with van der Waals surface area (Å²) in [6.45, 7) is 5.23. The number of likely N-dealkylation sites (N-methyl/N-ethyl adjacent to an activating group) is 1. The fraction of sp³-hybridized carbons (Fsp3) is 0.846. The van der Waals surface area contributed by atoms with Crippen molar-refractivity contribution in [2.45, 2.75) is 32.7 Å². The molecule has 0 radical (unpaired) electrons. The van der Waals surface area contributed by atoms with E-state index in [0.29, 0.717) is 19.1 Å². The molecular weight excluding hydrogens is 248 g/mol. The SMILES string of the molecule is CC(C)C(NC(=O)N(C)CCOCC1CC1)C(=O)O. The molecule has 0 spiro atoms. The third kappa shape index (κ3) is 5.92. The number of nitrogens with zero attached hydrogens (tertiary/aromatic N) is 1. The lowest BCUT2D eigenvalue weighted by atomic mass is 10.1. The fourth-order valence-corrected chi connectivity index (χ4v) is 1.59. The highest BCUT2D eigenvalue weighted by atomic mass is 16.5. The number of carbonyl (C=O) groups excluding carboxylic acids is 1. The number of nitrogens with one attached hydrogen (secondary N) is 1. The lowest BCUT2D eigenvalue weighted by Gasteiger charge is -2.23. The topological polar surface area (TPSA) is 78.9 Å². The summed E-state index contributed by atoms with van der Waals surface area (Å²) in [5.41, 5.74) is 0. The first-order chi connectivity index (χ1) is 8.91. The maximum atomic E-state index is 11.8. The second kappa shape index (κ2) is 7.33. The molecule has 0 aromatic rings. The van der Waals surface area contributed by atoms with Gasteiger partial charge in [0, 0.05) is 20.2 Å². The molecule has 1 fully saturated rings. The molecule has 110 valence electrons. The zero-order valence-electron chi connectivity index (χ0n) is 11.9. The Morgan fingerprint density at radius 3 is 2.53 bits per heavy atom. The fourth-order valence-electron chi connectivity index (χ4n) is 1.59. The zero-order chi connectivity index (χ0) is 14.4. The number of carboxylic acids is 1. The minimum Gasteiger partial charge on any atom is -0.480 e. The third-order valence-corrected chi connectivity index (χ3v) is 3.18. The Balaban J connectivity index is 2.23. The van der Waals surface area contributed by atoms with E-state index >= 15 is 0 Å². The van der Waals surface area contributed by atoms with Crippen molar-refractivity contribution in [1.29, 1.82) is 0 Å². The number of urea groups is 1. The molecule has 0 bridgehead atoms. The number of ether oxygens (including phenoxy) is 1. The summed E-state index contributed by atoms with van der Waals surface area (Å²) < 4.78 is 5.44. The zero-order valence-corrected chi connectivity index (χ0v) is 11.9. The molecular formula is C13H24N2O4. The van der Waals surface area contributed by atoms with E-state index in [-0.39, 0.29) is 11.9 Å². The summed E-state index contributed by atoms with van der Waals surface area (Å²) in [4.78, 5) is 24.2. The average molecular weight is 272 g/mol. The number of hydrogen-bond donors (Lipinski definition) is 2. The van der Waals surface area contributed by atoms with Gasteiger partial charge in [0.2, 0.25) is 0 Å². The van der Waals surface area contributed by atoms with Crippen molar-refractivity contribution in [3.63, 3.8) is 0 Å². The third-order valence-electron chi connectivity index (χ3n) is 3.18. The number of carbonyl (C=O) groups is 2. The summed E-state index contributed by atoms with van der Waals surface area (Å²) in [5, 5.41) is 11.5. The van der Waals surface area contributed by atoms with Gasteiger partial charge in [-0.1, -0.05) is 13.8 Å². The Labute approximate surface area is 114 Å². The molecule has 0 aromatic heterocycles. The molecule has 2 amide bonds. The largest absolute Gasteiger partial charge is 0.480 e. The van der Waals surface area contributed by atoms with Gasteiger partial charge in [0.15, 0.2) is 0 Å². The van der Waals surface area contributed by atoms with Gasteiger partial charge in [0.1, 0.15) is 6.04 Å². The Morgan fingerprint density at radius 1 is 1.42 bits per heavy atom. The molecule has 1 saturated carbocycles. The molecule has 6 nitrogen and oxygen atoms in total. The molecule has 1 unspecified atom stereocenters. The average Bonchev–Trinajstić information content (AvgIpc) is 3.14. The summed E-state index contributed by atoms with van der Waals surface area (Å²) in [6, 6.07) is -1.24. The minimum atomic E-state index is -1.01. The molecule has 6 heteroatoms. The van der Waals surface area contributed by atoms with Crippen molar-refractivity contribution >= 4 is 12.0 Å². The number of carboxylic acid groups (broad SMARTS) is 1. The van der Waals surface area contributed by atoms with Crippen LogP contribution in [0, 0.1) is 11.8 Å². The highest BCUT2D eigenvalue weighted by molar-refractivity contribution is 5.82. The highest BCUT2D eigenvalue weighted by Gasteiger charge is 2.25. The molecule has 0 heterocycles. The van der Waals surface area contributed by atoms with Gasteiger partial charge in [-0.05, 0) is 24.7 Å². The number of rotatable bonds is 8. The van der Waals surface area contributed by atoms with E-state index in [0.717, 1.165) is 6.61 Å². The van der Waals surface area contributed by atoms with Crippen LogP contribution in [0.25, 0.3) is 0 Å². The molecule has 2 N–H and O–H groups in total. The lowest BCUT2D eigenvalue weighted by Crippen LogP contribution is -2.49. The molecule has 1 aliphatic rings. The smallest absolute Gasteiger partial charge is 0.326 e. The van der Waals surface area contributed by atoms with Gasteiger partial charge in [-0.2, -0.15) is 0 Å². The van der Waals surface area contributed by atoms with Gasteiger partial charge in [0.05, 0.1) is 6.61 Å². The minimum absolute atomic E-state index is 0.152. The first kappa shape index (κ1) is 15.8. The van der Waals surface area contributed by atoms with Crippen molar-refractivity contribution in [1.82, 2.24) is 10.2 Å². The van der Waals surface area contributed by atoms with Crippen LogP contribution in [-0.4, -0.2) is 54.9 Å². The normalized spacial score (nSPS) is 16.2. The summed E-state index contributed by atoms with van der Waals surface area (Å²) >= 11 is 0. The summed E-state index contributed by atoms with van der Waals surface area (Å²) in [7, 11) is 1.63. The molecule has 1 atom stereocenters. The van der Waals surface area contributed by atoms with Crippen molar-refractivity contribution in [3.05, 3.63) is 0 Å². The molecule has 0 saturated heterocycles. The van der Waals surface area contributed by atoms with E-state index in [4.69, 9.17) is 9.84 Å². The van der Waals surface area contributed by atoms with Crippen molar-refractivity contribution < 1.29 is 19.4 Å². The Kier molecular flexibility index (Phi) is 6.08. The quantitative estimate of drug-likeness (QED) is 0.650. The molecule has 1 aliphatic carbocycles.